The number of aryl methyl sites for hydroxylation is 1. The Balaban J connectivity index is 2.30. The minimum absolute atomic E-state index is 0.241. The molecule has 0 aliphatic heterocycles. The first-order valence-corrected chi connectivity index (χ1v) is 5.93. The van der Waals surface area contributed by atoms with Gasteiger partial charge in [0.25, 0.3) is 0 Å². The molecule has 2 aromatic rings. The summed E-state index contributed by atoms with van der Waals surface area (Å²) < 4.78 is 0. The highest BCUT2D eigenvalue weighted by Gasteiger charge is 2.05. The van der Waals surface area contributed by atoms with Gasteiger partial charge in [0.1, 0.15) is 0 Å². The summed E-state index contributed by atoms with van der Waals surface area (Å²) in [6.45, 7) is 0.241. The van der Waals surface area contributed by atoms with E-state index in [0.717, 1.165) is 18.5 Å². The van der Waals surface area contributed by atoms with Crippen LogP contribution in [0.3, 0.4) is 0 Å². The maximum absolute atomic E-state index is 8.84. The van der Waals surface area contributed by atoms with Crippen LogP contribution in [0, 0.1) is 0 Å². The molecule has 0 fully saturated rings. The summed E-state index contributed by atoms with van der Waals surface area (Å²) in [5.74, 6) is 0. The molecular formula is C12H13NOS. The highest BCUT2D eigenvalue weighted by atomic mass is 32.1. The zero-order valence-electron chi connectivity index (χ0n) is 8.39. The zero-order valence-corrected chi connectivity index (χ0v) is 9.20. The van der Waals surface area contributed by atoms with Crippen LogP contribution in [-0.2, 0) is 6.42 Å². The van der Waals surface area contributed by atoms with E-state index in [-0.39, 0.29) is 6.61 Å². The largest absolute Gasteiger partial charge is 0.396 e. The smallest absolute Gasteiger partial charge is 0.0813 e. The Morgan fingerprint density at radius 1 is 1.27 bits per heavy atom. The lowest BCUT2D eigenvalue weighted by Crippen LogP contribution is -1.92. The van der Waals surface area contributed by atoms with Gasteiger partial charge in [-0.1, -0.05) is 24.3 Å². The van der Waals surface area contributed by atoms with Gasteiger partial charge in [-0.05, 0) is 18.4 Å². The van der Waals surface area contributed by atoms with Crippen molar-refractivity contribution < 1.29 is 5.11 Å². The SMILES string of the molecule is OCCCc1ccccc1-c1cscn1. The molecule has 2 rings (SSSR count). The molecule has 0 radical (unpaired) electrons. The lowest BCUT2D eigenvalue weighted by Gasteiger charge is -2.05. The van der Waals surface area contributed by atoms with E-state index >= 15 is 0 Å². The van der Waals surface area contributed by atoms with Crippen LogP contribution in [0.1, 0.15) is 12.0 Å². The summed E-state index contributed by atoms with van der Waals surface area (Å²) in [5.41, 5.74) is 5.33. The Bertz CT molecular complexity index is 411. The maximum Gasteiger partial charge on any atom is 0.0813 e. The van der Waals surface area contributed by atoms with Crippen molar-refractivity contribution in [2.75, 3.05) is 6.61 Å². The van der Waals surface area contributed by atoms with Crippen molar-refractivity contribution in [3.8, 4) is 11.3 Å². The Hall–Kier alpha value is -1.19. The van der Waals surface area contributed by atoms with Gasteiger partial charge in [0.05, 0.1) is 11.2 Å². The fourth-order valence-electron chi connectivity index (χ4n) is 1.60. The molecule has 0 unspecified atom stereocenters. The van der Waals surface area contributed by atoms with Crippen molar-refractivity contribution in [2.45, 2.75) is 12.8 Å². The quantitative estimate of drug-likeness (QED) is 0.857. The number of nitrogens with zero attached hydrogens (tertiary/aromatic N) is 1. The Morgan fingerprint density at radius 3 is 2.87 bits per heavy atom. The summed E-state index contributed by atoms with van der Waals surface area (Å²) in [5, 5.41) is 10.9. The van der Waals surface area contributed by atoms with Crippen molar-refractivity contribution >= 4 is 11.3 Å². The molecule has 0 bridgehead atoms. The van der Waals surface area contributed by atoms with E-state index < -0.39 is 0 Å². The van der Waals surface area contributed by atoms with Gasteiger partial charge < -0.3 is 5.11 Å². The third kappa shape index (κ3) is 2.43. The predicted octanol–water partition coefficient (Wildman–Crippen LogP) is 2.74. The van der Waals surface area contributed by atoms with Crippen LogP contribution in [0.15, 0.2) is 35.2 Å². The van der Waals surface area contributed by atoms with Crippen LogP contribution in [0.4, 0.5) is 0 Å². The molecule has 0 saturated carbocycles. The summed E-state index contributed by atoms with van der Waals surface area (Å²) in [6.07, 6.45) is 1.71. The van der Waals surface area contributed by atoms with Crippen LogP contribution >= 0.6 is 11.3 Å². The molecule has 0 saturated heterocycles. The van der Waals surface area contributed by atoms with E-state index in [1.54, 1.807) is 11.3 Å². The standard InChI is InChI=1S/C12H13NOS/c14-7-3-5-10-4-1-2-6-11(10)12-8-15-9-13-12/h1-2,4,6,8-9,14H,3,5,7H2. The van der Waals surface area contributed by atoms with Gasteiger partial charge in [0.2, 0.25) is 0 Å². The van der Waals surface area contributed by atoms with Crippen LogP contribution in [-0.4, -0.2) is 16.7 Å². The monoisotopic (exact) mass is 219 g/mol. The van der Waals surface area contributed by atoms with Crippen molar-refractivity contribution in [1.82, 2.24) is 4.98 Å². The molecule has 1 aromatic heterocycles. The fourth-order valence-corrected chi connectivity index (χ4v) is 2.16. The average Bonchev–Trinajstić information content (AvgIpc) is 2.80. The molecule has 1 N–H and O–H groups in total. The number of aliphatic hydroxyl groups excluding tert-OH is 1. The second kappa shape index (κ2) is 5.05. The number of rotatable bonds is 4. The summed E-state index contributed by atoms with van der Waals surface area (Å²) >= 11 is 1.61. The third-order valence-corrected chi connectivity index (χ3v) is 2.92. The molecule has 1 heterocycles. The van der Waals surface area contributed by atoms with Gasteiger partial charge in [-0.2, -0.15) is 0 Å². The molecule has 78 valence electrons. The van der Waals surface area contributed by atoms with Crippen molar-refractivity contribution in [3.63, 3.8) is 0 Å². The maximum atomic E-state index is 8.84. The first-order chi connectivity index (χ1) is 7.42. The molecule has 0 atom stereocenters. The van der Waals surface area contributed by atoms with E-state index in [1.165, 1.54) is 11.1 Å². The molecule has 0 aliphatic rings. The molecular weight excluding hydrogens is 206 g/mol. The first-order valence-electron chi connectivity index (χ1n) is 4.99. The normalized spacial score (nSPS) is 10.5. The average molecular weight is 219 g/mol. The Labute approximate surface area is 93.2 Å². The van der Waals surface area contributed by atoms with E-state index in [1.807, 2.05) is 17.6 Å². The summed E-state index contributed by atoms with van der Waals surface area (Å²) in [4.78, 5) is 4.31. The van der Waals surface area contributed by atoms with Gasteiger partial charge in [0, 0.05) is 17.6 Å². The van der Waals surface area contributed by atoms with Crippen LogP contribution in [0.2, 0.25) is 0 Å². The van der Waals surface area contributed by atoms with Crippen LogP contribution < -0.4 is 0 Å². The predicted molar refractivity (Wildman–Crippen MR) is 63.0 cm³/mol. The lowest BCUT2D eigenvalue weighted by molar-refractivity contribution is 0.288. The number of thiazole rings is 1. The van der Waals surface area contributed by atoms with Crippen LogP contribution in [0.25, 0.3) is 11.3 Å². The first kappa shape index (κ1) is 10.3. The topological polar surface area (TPSA) is 33.1 Å². The number of aliphatic hydroxyl groups is 1. The Kier molecular flexibility index (Phi) is 3.48. The van der Waals surface area contributed by atoms with E-state index in [0.29, 0.717) is 0 Å². The van der Waals surface area contributed by atoms with Crippen molar-refractivity contribution in [1.29, 1.82) is 0 Å². The molecule has 0 aliphatic carbocycles. The van der Waals surface area contributed by atoms with E-state index in [9.17, 15) is 0 Å². The fraction of sp³-hybridized carbons (Fsp3) is 0.250. The minimum Gasteiger partial charge on any atom is -0.396 e. The van der Waals surface area contributed by atoms with E-state index in [2.05, 4.69) is 22.5 Å². The number of aromatic nitrogens is 1. The molecule has 0 amide bonds. The van der Waals surface area contributed by atoms with Crippen molar-refractivity contribution in [3.05, 3.63) is 40.7 Å². The highest BCUT2D eigenvalue weighted by molar-refractivity contribution is 7.07. The second-order valence-electron chi connectivity index (χ2n) is 3.36. The van der Waals surface area contributed by atoms with Gasteiger partial charge in [-0.15, -0.1) is 11.3 Å². The van der Waals surface area contributed by atoms with Crippen molar-refractivity contribution in [2.24, 2.45) is 0 Å². The molecule has 15 heavy (non-hydrogen) atoms. The second-order valence-corrected chi connectivity index (χ2v) is 4.08. The van der Waals surface area contributed by atoms with Crippen LogP contribution in [0.5, 0.6) is 0 Å². The van der Waals surface area contributed by atoms with Gasteiger partial charge in [-0.25, -0.2) is 4.98 Å². The summed E-state index contributed by atoms with van der Waals surface area (Å²) in [6, 6.07) is 8.24. The number of hydrogen-bond donors (Lipinski definition) is 1. The number of hydrogen-bond acceptors (Lipinski definition) is 3. The third-order valence-electron chi connectivity index (χ3n) is 2.33. The summed E-state index contributed by atoms with van der Waals surface area (Å²) in [7, 11) is 0. The van der Waals surface area contributed by atoms with Gasteiger partial charge in [-0.3, -0.25) is 0 Å². The Morgan fingerprint density at radius 2 is 2.13 bits per heavy atom. The molecule has 1 aromatic carbocycles. The van der Waals surface area contributed by atoms with Gasteiger partial charge >= 0.3 is 0 Å². The highest BCUT2D eigenvalue weighted by Crippen LogP contribution is 2.24. The molecule has 0 spiro atoms. The van der Waals surface area contributed by atoms with E-state index in [4.69, 9.17) is 5.11 Å². The zero-order chi connectivity index (χ0) is 10.5. The molecule has 2 nitrogen and oxygen atoms in total. The lowest BCUT2D eigenvalue weighted by atomic mass is 10.0. The van der Waals surface area contributed by atoms with Gasteiger partial charge in [0.15, 0.2) is 0 Å². The minimum atomic E-state index is 0.241. The number of benzene rings is 1. The molecule has 3 heteroatoms.